The smallest absolute Gasteiger partial charge is 0.311 e. The summed E-state index contributed by atoms with van der Waals surface area (Å²) in [6, 6.07) is 7.53. The van der Waals surface area contributed by atoms with E-state index in [2.05, 4.69) is 11.8 Å². The van der Waals surface area contributed by atoms with Gasteiger partial charge in [0.1, 0.15) is 5.75 Å². The van der Waals surface area contributed by atoms with Gasteiger partial charge in [0.2, 0.25) is 0 Å². The van der Waals surface area contributed by atoms with Crippen molar-refractivity contribution in [3.63, 3.8) is 0 Å². The summed E-state index contributed by atoms with van der Waals surface area (Å²) < 4.78 is 5.40. The highest BCUT2D eigenvalue weighted by Gasteiger charge is 2.08. The molecule has 0 aliphatic carbocycles. The summed E-state index contributed by atoms with van der Waals surface area (Å²) in [5.74, 6) is 1.53. The van der Waals surface area contributed by atoms with E-state index in [1.165, 1.54) is 32.1 Å². The van der Waals surface area contributed by atoms with Gasteiger partial charge in [0, 0.05) is 37.0 Å². The molecule has 0 aliphatic rings. The lowest BCUT2D eigenvalue weighted by Crippen LogP contribution is -2.27. The number of ether oxygens (including phenoxy) is 1. The van der Waals surface area contributed by atoms with Gasteiger partial charge >= 0.3 is 5.97 Å². The fourth-order valence-electron chi connectivity index (χ4n) is 2.71. The molecule has 0 radical (unpaired) electrons. The Morgan fingerprint density at radius 2 is 1.48 bits per heavy atom. The van der Waals surface area contributed by atoms with Crippen molar-refractivity contribution in [1.82, 2.24) is 0 Å². The molecule has 0 amide bonds. The summed E-state index contributed by atoms with van der Waals surface area (Å²) in [6.45, 7) is 3.70. The van der Waals surface area contributed by atoms with E-state index in [1.807, 2.05) is 24.3 Å². The topological polar surface area (TPSA) is 29.5 Å². The molecule has 0 bridgehead atoms. The summed E-state index contributed by atoms with van der Waals surface area (Å²) in [6.07, 6.45) is 8.85. The minimum Gasteiger partial charge on any atom is -0.427 e. The third-order valence-electron chi connectivity index (χ3n) is 4.13. The number of hydrogen-bond acceptors (Lipinski definition) is 3. The van der Waals surface area contributed by atoms with Crippen LogP contribution in [0.3, 0.4) is 0 Å². The fraction of sp³-hybridized carbons (Fsp3) is 0.650. The molecule has 0 aromatic heterocycles. The van der Waals surface area contributed by atoms with Crippen LogP contribution >= 0.6 is 23.2 Å². The predicted molar refractivity (Wildman–Crippen MR) is 108 cm³/mol. The van der Waals surface area contributed by atoms with E-state index in [9.17, 15) is 4.79 Å². The number of anilines is 1. The van der Waals surface area contributed by atoms with E-state index in [-0.39, 0.29) is 5.97 Å². The molecule has 1 aromatic rings. The molecular weight excluding hydrogens is 357 g/mol. The SMILES string of the molecule is CCCCCCCCCC(=O)Oc1ccc(N(CCCl)CCCl)cc1. The molecule has 0 atom stereocenters. The second-order valence-electron chi connectivity index (χ2n) is 6.20. The number of benzene rings is 1. The zero-order valence-electron chi connectivity index (χ0n) is 15.3. The van der Waals surface area contributed by atoms with Gasteiger partial charge in [-0.2, -0.15) is 0 Å². The number of unbranched alkanes of at least 4 members (excludes halogenated alkanes) is 6. The Balaban J connectivity index is 2.30. The van der Waals surface area contributed by atoms with Gasteiger partial charge in [-0.3, -0.25) is 4.79 Å². The van der Waals surface area contributed by atoms with Gasteiger partial charge < -0.3 is 9.64 Å². The number of carbonyl (C=O) groups excluding carboxylic acids is 1. The summed E-state index contributed by atoms with van der Waals surface area (Å²) in [7, 11) is 0. The third kappa shape index (κ3) is 9.96. The van der Waals surface area contributed by atoms with Crippen LogP contribution in [0.4, 0.5) is 5.69 Å². The Morgan fingerprint density at radius 1 is 0.920 bits per heavy atom. The first-order valence-electron chi connectivity index (χ1n) is 9.38. The average molecular weight is 388 g/mol. The fourth-order valence-corrected chi connectivity index (χ4v) is 3.12. The van der Waals surface area contributed by atoms with Crippen LogP contribution in [-0.2, 0) is 4.79 Å². The highest BCUT2D eigenvalue weighted by atomic mass is 35.5. The maximum Gasteiger partial charge on any atom is 0.311 e. The lowest BCUT2D eigenvalue weighted by atomic mass is 10.1. The molecular formula is C20H31Cl2NO2. The molecule has 0 saturated heterocycles. The first-order valence-corrected chi connectivity index (χ1v) is 10.5. The molecule has 0 aliphatic heterocycles. The third-order valence-corrected chi connectivity index (χ3v) is 4.46. The Kier molecular flexibility index (Phi) is 12.6. The van der Waals surface area contributed by atoms with Gasteiger partial charge in [0.25, 0.3) is 0 Å². The van der Waals surface area contributed by atoms with Crippen molar-refractivity contribution in [2.24, 2.45) is 0 Å². The highest BCUT2D eigenvalue weighted by Crippen LogP contribution is 2.20. The van der Waals surface area contributed by atoms with Crippen LogP contribution in [0, 0.1) is 0 Å². The number of carbonyl (C=O) groups is 1. The minimum atomic E-state index is -0.153. The van der Waals surface area contributed by atoms with Crippen LogP contribution in [0.5, 0.6) is 5.75 Å². The largest absolute Gasteiger partial charge is 0.427 e. The first kappa shape index (κ1) is 22.1. The van der Waals surface area contributed by atoms with Crippen LogP contribution in [0.25, 0.3) is 0 Å². The lowest BCUT2D eigenvalue weighted by Gasteiger charge is -2.22. The number of halogens is 2. The van der Waals surface area contributed by atoms with Crippen LogP contribution in [-0.4, -0.2) is 30.8 Å². The zero-order valence-corrected chi connectivity index (χ0v) is 16.8. The normalized spacial score (nSPS) is 10.7. The van der Waals surface area contributed by atoms with Gasteiger partial charge in [-0.05, 0) is 30.7 Å². The van der Waals surface area contributed by atoms with Crippen molar-refractivity contribution in [3.8, 4) is 5.75 Å². The maximum atomic E-state index is 11.9. The Hall–Kier alpha value is -0.930. The molecule has 0 unspecified atom stereocenters. The minimum absolute atomic E-state index is 0.153. The predicted octanol–water partition coefficient (Wildman–Crippen LogP) is 6.02. The van der Waals surface area contributed by atoms with Gasteiger partial charge in [-0.1, -0.05) is 45.4 Å². The summed E-state index contributed by atoms with van der Waals surface area (Å²) in [5, 5.41) is 0. The van der Waals surface area contributed by atoms with Crippen LogP contribution in [0.15, 0.2) is 24.3 Å². The van der Waals surface area contributed by atoms with Crippen LogP contribution in [0.2, 0.25) is 0 Å². The van der Waals surface area contributed by atoms with E-state index >= 15 is 0 Å². The summed E-state index contributed by atoms with van der Waals surface area (Å²) in [4.78, 5) is 14.0. The molecule has 142 valence electrons. The number of hydrogen-bond donors (Lipinski definition) is 0. The van der Waals surface area contributed by atoms with Gasteiger partial charge in [0.15, 0.2) is 0 Å². The van der Waals surface area contributed by atoms with Gasteiger partial charge in [-0.25, -0.2) is 0 Å². The average Bonchev–Trinajstić information content (AvgIpc) is 2.61. The quantitative estimate of drug-likeness (QED) is 0.169. The maximum absolute atomic E-state index is 11.9. The van der Waals surface area contributed by atoms with Crippen molar-refractivity contribution < 1.29 is 9.53 Å². The van der Waals surface area contributed by atoms with Crippen molar-refractivity contribution >= 4 is 34.9 Å². The molecule has 0 fully saturated rings. The number of rotatable bonds is 14. The van der Waals surface area contributed by atoms with Crippen molar-refractivity contribution in [2.75, 3.05) is 29.7 Å². The molecule has 3 nitrogen and oxygen atoms in total. The molecule has 1 aromatic carbocycles. The van der Waals surface area contributed by atoms with E-state index in [0.29, 0.717) is 23.9 Å². The molecule has 1 rings (SSSR count). The number of nitrogens with zero attached hydrogens (tertiary/aromatic N) is 1. The van der Waals surface area contributed by atoms with Crippen LogP contribution in [0.1, 0.15) is 58.3 Å². The van der Waals surface area contributed by atoms with E-state index < -0.39 is 0 Å². The Morgan fingerprint density at radius 3 is 2.04 bits per heavy atom. The Labute approximate surface area is 162 Å². The molecule has 25 heavy (non-hydrogen) atoms. The highest BCUT2D eigenvalue weighted by molar-refractivity contribution is 6.18. The lowest BCUT2D eigenvalue weighted by molar-refractivity contribution is -0.134. The van der Waals surface area contributed by atoms with Gasteiger partial charge in [0.05, 0.1) is 0 Å². The zero-order chi connectivity index (χ0) is 18.3. The number of esters is 1. The standard InChI is InChI=1S/C20H31Cl2NO2/c1-2-3-4-5-6-7-8-9-20(24)25-19-12-10-18(11-13-19)23(16-14-21)17-15-22/h10-13H,2-9,14-17H2,1H3. The van der Waals surface area contributed by atoms with E-state index in [4.69, 9.17) is 27.9 Å². The van der Waals surface area contributed by atoms with Gasteiger partial charge in [-0.15, -0.1) is 23.2 Å². The monoisotopic (exact) mass is 387 g/mol. The molecule has 0 spiro atoms. The number of alkyl halides is 2. The first-order chi connectivity index (χ1) is 12.2. The molecule has 0 saturated carbocycles. The molecule has 0 heterocycles. The molecule has 5 heteroatoms. The van der Waals surface area contributed by atoms with E-state index in [1.54, 1.807) is 0 Å². The second kappa shape index (κ2) is 14.3. The Bertz CT molecular complexity index is 459. The van der Waals surface area contributed by atoms with Crippen LogP contribution < -0.4 is 9.64 Å². The molecule has 0 N–H and O–H groups in total. The van der Waals surface area contributed by atoms with Crippen molar-refractivity contribution in [1.29, 1.82) is 0 Å². The van der Waals surface area contributed by atoms with Crippen molar-refractivity contribution in [2.45, 2.75) is 58.3 Å². The summed E-state index contributed by atoms with van der Waals surface area (Å²) in [5.41, 5.74) is 1.04. The van der Waals surface area contributed by atoms with Crippen molar-refractivity contribution in [3.05, 3.63) is 24.3 Å². The van der Waals surface area contributed by atoms with E-state index in [0.717, 1.165) is 31.6 Å². The second-order valence-corrected chi connectivity index (χ2v) is 6.96. The summed E-state index contributed by atoms with van der Waals surface area (Å²) >= 11 is 11.6.